The van der Waals surface area contributed by atoms with Crippen molar-refractivity contribution in [2.45, 2.75) is 44.7 Å². The maximum Gasteiger partial charge on any atom is 0.326 e. The summed E-state index contributed by atoms with van der Waals surface area (Å²) >= 11 is 0. The van der Waals surface area contributed by atoms with Gasteiger partial charge in [0, 0.05) is 24.9 Å². The Hall–Kier alpha value is -2.63. The molecule has 0 spiro atoms. The predicted octanol–water partition coefficient (Wildman–Crippen LogP) is 2.21. The molecule has 2 heterocycles. The van der Waals surface area contributed by atoms with Crippen molar-refractivity contribution in [3.05, 3.63) is 52.4 Å². The fourth-order valence-corrected chi connectivity index (χ4v) is 3.65. The third kappa shape index (κ3) is 2.38. The number of hydrogen-bond donors (Lipinski definition) is 1. The number of benzene rings is 1. The van der Waals surface area contributed by atoms with Crippen LogP contribution in [0.5, 0.6) is 0 Å². The van der Waals surface area contributed by atoms with Crippen LogP contribution in [0.25, 0.3) is 0 Å². The first-order valence-corrected chi connectivity index (χ1v) is 8.23. The molecule has 1 aliphatic carbocycles. The van der Waals surface area contributed by atoms with E-state index in [1.54, 1.807) is 0 Å². The Balaban J connectivity index is 1.70. The Kier molecular flexibility index (Phi) is 3.59. The summed E-state index contributed by atoms with van der Waals surface area (Å²) in [6, 6.07) is 6.78. The number of rotatable bonds is 2. The zero-order valence-corrected chi connectivity index (χ0v) is 13.2. The van der Waals surface area contributed by atoms with Crippen LogP contribution in [0.3, 0.4) is 0 Å². The van der Waals surface area contributed by atoms with E-state index >= 15 is 0 Å². The number of carboxylic acids is 1. The normalized spacial score (nSPS) is 19.5. The lowest BCUT2D eigenvalue weighted by molar-refractivity contribution is -0.142. The van der Waals surface area contributed by atoms with Gasteiger partial charge < -0.3 is 14.5 Å². The number of carbonyl (C=O) groups is 2. The highest BCUT2D eigenvalue weighted by atomic mass is 16.5. The highest BCUT2D eigenvalue weighted by Crippen LogP contribution is 2.29. The van der Waals surface area contributed by atoms with Gasteiger partial charge in [-0.1, -0.05) is 29.4 Å². The van der Waals surface area contributed by atoms with E-state index in [1.807, 2.05) is 24.3 Å². The number of aliphatic carboxylic acids is 1. The summed E-state index contributed by atoms with van der Waals surface area (Å²) in [5, 5.41) is 13.5. The molecule has 4 rings (SSSR count). The minimum Gasteiger partial charge on any atom is -0.480 e. The van der Waals surface area contributed by atoms with Crippen LogP contribution in [-0.4, -0.2) is 33.1 Å². The monoisotopic (exact) mass is 326 g/mol. The number of carbonyl (C=O) groups excluding carboxylic acids is 1. The van der Waals surface area contributed by atoms with Crippen LogP contribution in [0.4, 0.5) is 0 Å². The molecule has 124 valence electrons. The third-order valence-corrected chi connectivity index (χ3v) is 4.95. The van der Waals surface area contributed by atoms with Gasteiger partial charge in [-0.3, -0.25) is 4.79 Å². The van der Waals surface area contributed by atoms with E-state index in [4.69, 9.17) is 4.52 Å². The molecule has 6 heteroatoms. The lowest BCUT2D eigenvalue weighted by atomic mass is 9.92. The van der Waals surface area contributed by atoms with Gasteiger partial charge in [-0.2, -0.15) is 0 Å². The molecule has 1 atom stereocenters. The number of fused-ring (bicyclic) bond motifs is 2. The van der Waals surface area contributed by atoms with Crippen LogP contribution in [0.2, 0.25) is 0 Å². The number of aryl methyl sites for hydroxylation is 1. The van der Waals surface area contributed by atoms with E-state index in [0.717, 1.165) is 48.1 Å². The standard InChI is InChI=1S/C18H18N2O4/c21-17(16-13-7-3-4-8-15(13)24-19-16)20-10-12-6-2-1-5-11(12)9-14(20)18(22)23/h1-2,5-6,14H,3-4,7-10H2,(H,22,23)/t14-/m0/s1. The second-order valence-electron chi connectivity index (χ2n) is 6.40. The first-order valence-electron chi connectivity index (χ1n) is 8.23. The van der Waals surface area contributed by atoms with Crippen LogP contribution < -0.4 is 0 Å². The van der Waals surface area contributed by atoms with Crippen molar-refractivity contribution in [1.82, 2.24) is 10.1 Å². The number of amides is 1. The smallest absolute Gasteiger partial charge is 0.326 e. The average Bonchev–Trinajstić information content (AvgIpc) is 3.04. The highest BCUT2D eigenvalue weighted by Gasteiger charge is 2.37. The van der Waals surface area contributed by atoms with Crippen molar-refractivity contribution >= 4 is 11.9 Å². The number of hydrogen-bond acceptors (Lipinski definition) is 4. The van der Waals surface area contributed by atoms with Gasteiger partial charge in [-0.15, -0.1) is 0 Å². The molecule has 0 saturated heterocycles. The summed E-state index contributed by atoms with van der Waals surface area (Å²) in [5.74, 6) is -0.562. The van der Waals surface area contributed by atoms with Crippen molar-refractivity contribution in [1.29, 1.82) is 0 Å². The van der Waals surface area contributed by atoms with Crippen molar-refractivity contribution in [2.75, 3.05) is 0 Å². The Labute approximate surface area is 139 Å². The summed E-state index contributed by atoms with van der Waals surface area (Å²) in [5.41, 5.74) is 3.11. The largest absolute Gasteiger partial charge is 0.480 e. The summed E-state index contributed by atoms with van der Waals surface area (Å²) in [6.45, 7) is 0.285. The molecular formula is C18H18N2O4. The van der Waals surface area contributed by atoms with E-state index in [2.05, 4.69) is 5.16 Å². The van der Waals surface area contributed by atoms with E-state index in [1.165, 1.54) is 4.90 Å². The van der Waals surface area contributed by atoms with Crippen LogP contribution in [0.15, 0.2) is 28.8 Å². The Bertz CT molecular complexity index is 811. The fraction of sp³-hybridized carbons (Fsp3) is 0.389. The highest BCUT2D eigenvalue weighted by molar-refractivity contribution is 5.96. The molecule has 2 aromatic rings. The van der Waals surface area contributed by atoms with Crippen molar-refractivity contribution in [3.63, 3.8) is 0 Å². The van der Waals surface area contributed by atoms with E-state index < -0.39 is 12.0 Å². The molecule has 2 aliphatic rings. The van der Waals surface area contributed by atoms with Crippen LogP contribution in [0, 0.1) is 0 Å². The molecule has 0 fully saturated rings. The quantitative estimate of drug-likeness (QED) is 0.915. The summed E-state index contributed by atoms with van der Waals surface area (Å²) in [4.78, 5) is 26.1. The summed E-state index contributed by atoms with van der Waals surface area (Å²) < 4.78 is 5.32. The van der Waals surface area contributed by atoms with Gasteiger partial charge in [0.2, 0.25) is 0 Å². The average molecular weight is 326 g/mol. The first-order chi connectivity index (χ1) is 11.6. The Morgan fingerprint density at radius 3 is 2.71 bits per heavy atom. The van der Waals surface area contributed by atoms with Crippen molar-refractivity contribution in [3.8, 4) is 0 Å². The predicted molar refractivity (Wildman–Crippen MR) is 84.6 cm³/mol. The third-order valence-electron chi connectivity index (χ3n) is 4.95. The van der Waals surface area contributed by atoms with Crippen LogP contribution in [-0.2, 0) is 30.6 Å². The Morgan fingerprint density at radius 2 is 1.92 bits per heavy atom. The molecule has 1 amide bonds. The SMILES string of the molecule is O=C(O)[C@@H]1Cc2ccccc2CN1C(=O)c1noc2c1CCCC2. The Morgan fingerprint density at radius 1 is 1.17 bits per heavy atom. The van der Waals surface area contributed by atoms with Gasteiger partial charge in [0.25, 0.3) is 5.91 Å². The van der Waals surface area contributed by atoms with Gasteiger partial charge in [0.05, 0.1) is 0 Å². The lowest BCUT2D eigenvalue weighted by Crippen LogP contribution is -2.49. The first kappa shape index (κ1) is 14.9. The van der Waals surface area contributed by atoms with Gasteiger partial charge in [0.15, 0.2) is 5.69 Å². The maximum atomic E-state index is 13.0. The number of aromatic nitrogens is 1. The zero-order chi connectivity index (χ0) is 16.7. The molecule has 0 saturated carbocycles. The lowest BCUT2D eigenvalue weighted by Gasteiger charge is -2.34. The second-order valence-corrected chi connectivity index (χ2v) is 6.40. The molecule has 1 aliphatic heterocycles. The van der Waals surface area contributed by atoms with Gasteiger partial charge in [0.1, 0.15) is 11.8 Å². The van der Waals surface area contributed by atoms with Crippen LogP contribution in [0.1, 0.15) is 45.8 Å². The number of nitrogens with zero attached hydrogens (tertiary/aromatic N) is 2. The summed E-state index contributed by atoms with van der Waals surface area (Å²) in [6.07, 6.45) is 3.91. The summed E-state index contributed by atoms with van der Waals surface area (Å²) in [7, 11) is 0. The molecule has 6 nitrogen and oxygen atoms in total. The van der Waals surface area contributed by atoms with Gasteiger partial charge in [-0.05, 0) is 30.4 Å². The fourth-order valence-electron chi connectivity index (χ4n) is 3.65. The molecule has 0 unspecified atom stereocenters. The molecular weight excluding hydrogens is 308 g/mol. The molecule has 1 aromatic carbocycles. The minimum absolute atomic E-state index is 0.285. The maximum absolute atomic E-state index is 13.0. The topological polar surface area (TPSA) is 83.6 Å². The zero-order valence-electron chi connectivity index (χ0n) is 13.2. The van der Waals surface area contributed by atoms with Gasteiger partial charge in [-0.25, -0.2) is 4.79 Å². The molecule has 0 radical (unpaired) electrons. The van der Waals surface area contributed by atoms with Crippen LogP contribution >= 0.6 is 0 Å². The van der Waals surface area contributed by atoms with E-state index in [0.29, 0.717) is 6.42 Å². The van der Waals surface area contributed by atoms with Crippen molar-refractivity contribution < 1.29 is 19.2 Å². The van der Waals surface area contributed by atoms with Crippen molar-refractivity contribution in [2.24, 2.45) is 0 Å². The molecule has 1 N–H and O–H groups in total. The number of carboxylic acid groups (broad SMARTS) is 1. The minimum atomic E-state index is -0.991. The second kappa shape index (κ2) is 5.78. The molecule has 0 bridgehead atoms. The van der Waals surface area contributed by atoms with E-state index in [-0.39, 0.29) is 18.1 Å². The molecule has 24 heavy (non-hydrogen) atoms. The molecule has 1 aromatic heterocycles. The van der Waals surface area contributed by atoms with E-state index in [9.17, 15) is 14.7 Å². The van der Waals surface area contributed by atoms with Gasteiger partial charge >= 0.3 is 5.97 Å².